The first-order chi connectivity index (χ1) is 16.3. The zero-order valence-electron chi connectivity index (χ0n) is 18.6. The molecule has 0 unspecified atom stereocenters. The van der Waals surface area contributed by atoms with E-state index in [0.29, 0.717) is 30.5 Å². The molecule has 11 nitrogen and oxygen atoms in total. The molecule has 0 saturated heterocycles. The van der Waals surface area contributed by atoms with Crippen molar-refractivity contribution < 1.29 is 27.5 Å². The minimum Gasteiger partial charge on any atom is -0.492 e. The largest absolute Gasteiger partial charge is 0.492 e. The van der Waals surface area contributed by atoms with Crippen LogP contribution in [0.5, 0.6) is 5.75 Å². The second-order valence-electron chi connectivity index (χ2n) is 7.25. The summed E-state index contributed by atoms with van der Waals surface area (Å²) in [6.45, 7) is 3.49. The van der Waals surface area contributed by atoms with Crippen molar-refractivity contribution in [3.8, 4) is 5.75 Å². The molecule has 0 bridgehead atoms. The first-order valence-electron chi connectivity index (χ1n) is 10.7. The van der Waals surface area contributed by atoms with Gasteiger partial charge in [-0.1, -0.05) is 24.3 Å². The van der Waals surface area contributed by atoms with Crippen LogP contribution in [0, 0.1) is 0 Å². The van der Waals surface area contributed by atoms with E-state index in [1.54, 1.807) is 37.3 Å². The average molecular weight is 490 g/mol. The van der Waals surface area contributed by atoms with Crippen LogP contribution < -0.4 is 25.8 Å². The molecule has 34 heavy (non-hydrogen) atoms. The summed E-state index contributed by atoms with van der Waals surface area (Å²) in [5, 5.41) is 6.12. The van der Waals surface area contributed by atoms with E-state index in [1.807, 2.05) is 0 Å². The number of para-hydroxylation sites is 1. The molecule has 182 valence electrons. The van der Waals surface area contributed by atoms with E-state index in [9.17, 15) is 18.0 Å². The van der Waals surface area contributed by atoms with E-state index < -0.39 is 34.5 Å². The second kappa shape index (κ2) is 11.6. The highest BCUT2D eigenvalue weighted by Gasteiger charge is 2.24. The minimum absolute atomic E-state index is 0.00224. The van der Waals surface area contributed by atoms with Crippen molar-refractivity contribution in [2.75, 3.05) is 25.0 Å². The molecule has 1 atom stereocenters. The van der Waals surface area contributed by atoms with Crippen molar-refractivity contribution >= 4 is 33.6 Å². The Morgan fingerprint density at radius 1 is 1.18 bits per heavy atom. The van der Waals surface area contributed by atoms with E-state index in [4.69, 9.17) is 15.2 Å². The summed E-state index contributed by atoms with van der Waals surface area (Å²) in [7, 11) is -3.94. The fourth-order valence-electron chi connectivity index (χ4n) is 3.13. The molecule has 5 N–H and O–H groups in total. The number of ether oxygens (including phenoxy) is 2. The molecule has 1 heterocycles. The van der Waals surface area contributed by atoms with E-state index in [1.165, 1.54) is 18.2 Å². The Hall–Kier alpha value is -3.48. The number of anilines is 1. The van der Waals surface area contributed by atoms with Crippen molar-refractivity contribution in [1.29, 1.82) is 0 Å². The van der Waals surface area contributed by atoms with E-state index >= 15 is 0 Å². The molecular formula is C22H27N5O6S. The number of rotatable bonds is 9. The molecule has 1 aliphatic heterocycles. The SMILES string of the molecule is CCOc1cccc(C(=O)OC(=O)C[C@@H](N)NS(=O)(=O)c2ccccc2)c1NC1=NCCCN1. The minimum atomic E-state index is -3.94. The van der Waals surface area contributed by atoms with Crippen molar-refractivity contribution in [3.63, 3.8) is 0 Å². The average Bonchev–Trinajstić information content (AvgIpc) is 2.81. The number of carbonyl (C=O) groups excluding carboxylic acids is 2. The third-order valence-corrected chi connectivity index (χ3v) is 6.15. The third kappa shape index (κ3) is 6.76. The van der Waals surface area contributed by atoms with Gasteiger partial charge in [0.2, 0.25) is 10.0 Å². The summed E-state index contributed by atoms with van der Waals surface area (Å²) in [6.07, 6.45) is -0.964. The Balaban J connectivity index is 1.69. The van der Waals surface area contributed by atoms with Gasteiger partial charge in [0.25, 0.3) is 0 Å². The van der Waals surface area contributed by atoms with Gasteiger partial charge in [-0.2, -0.15) is 4.72 Å². The van der Waals surface area contributed by atoms with E-state index in [0.717, 1.165) is 13.0 Å². The predicted octanol–water partition coefficient (Wildman–Crippen LogP) is 1.18. The van der Waals surface area contributed by atoms with Gasteiger partial charge in [-0.25, -0.2) is 13.2 Å². The standard InChI is InChI=1S/C22H27N5O6S/c1-2-32-17-11-6-10-16(20(17)26-22-24-12-7-13-25-22)21(29)33-19(28)14-18(23)27-34(30,31)15-8-4-3-5-9-15/h3-6,8-11,18,27H,2,7,12-14,23H2,1H3,(H2,24,25,26)/t18-/m0/s1. The molecule has 0 fully saturated rings. The Bertz CT molecular complexity index is 1150. The number of esters is 2. The summed E-state index contributed by atoms with van der Waals surface area (Å²) in [6, 6.07) is 12.3. The first kappa shape index (κ1) is 25.1. The molecule has 2 aromatic rings. The highest BCUT2D eigenvalue weighted by atomic mass is 32.2. The molecule has 0 amide bonds. The van der Waals surface area contributed by atoms with E-state index in [-0.39, 0.29) is 10.5 Å². The van der Waals surface area contributed by atoms with Crippen molar-refractivity contribution in [3.05, 3.63) is 54.1 Å². The Kier molecular flexibility index (Phi) is 8.57. The number of guanidine groups is 1. The maximum Gasteiger partial charge on any atom is 0.348 e. The van der Waals surface area contributed by atoms with Crippen molar-refractivity contribution in [1.82, 2.24) is 10.0 Å². The molecule has 12 heteroatoms. The lowest BCUT2D eigenvalue weighted by Gasteiger charge is -2.20. The zero-order valence-corrected chi connectivity index (χ0v) is 19.4. The van der Waals surface area contributed by atoms with Gasteiger partial charge in [-0.15, -0.1) is 0 Å². The van der Waals surface area contributed by atoms with Crippen LogP contribution in [-0.4, -0.2) is 52.2 Å². The molecule has 0 aromatic heterocycles. The smallest absolute Gasteiger partial charge is 0.348 e. The molecule has 3 rings (SSSR count). The molecule has 0 spiro atoms. The summed E-state index contributed by atoms with van der Waals surface area (Å²) >= 11 is 0. The van der Waals surface area contributed by atoms with Crippen LogP contribution in [0.3, 0.4) is 0 Å². The van der Waals surface area contributed by atoms with E-state index in [2.05, 4.69) is 20.3 Å². The lowest BCUT2D eigenvalue weighted by Crippen LogP contribution is -2.43. The Labute approximate surface area is 197 Å². The highest BCUT2D eigenvalue weighted by Crippen LogP contribution is 2.29. The second-order valence-corrected chi connectivity index (χ2v) is 8.97. The summed E-state index contributed by atoms with van der Waals surface area (Å²) in [5.41, 5.74) is 6.12. The number of nitrogens with two attached hydrogens (primary N) is 1. The molecule has 0 radical (unpaired) electrons. The van der Waals surface area contributed by atoms with Gasteiger partial charge in [0.1, 0.15) is 5.75 Å². The summed E-state index contributed by atoms with van der Waals surface area (Å²) in [5.74, 6) is -1.08. The van der Waals surface area contributed by atoms with Crippen LogP contribution in [-0.2, 0) is 19.6 Å². The third-order valence-electron chi connectivity index (χ3n) is 4.64. The normalized spacial score (nSPS) is 14.4. The number of nitrogens with zero attached hydrogens (tertiary/aromatic N) is 1. The number of aliphatic imine (C=N–C) groups is 1. The first-order valence-corrected chi connectivity index (χ1v) is 12.2. The lowest BCUT2D eigenvalue weighted by molar-refractivity contribution is -0.138. The zero-order chi connectivity index (χ0) is 24.6. The van der Waals surface area contributed by atoms with Crippen LogP contribution in [0.1, 0.15) is 30.1 Å². The van der Waals surface area contributed by atoms with Gasteiger partial charge in [0.15, 0.2) is 5.96 Å². The topological polar surface area (TPSA) is 161 Å². The monoisotopic (exact) mass is 489 g/mol. The van der Waals surface area contributed by atoms with Gasteiger partial charge in [-0.3, -0.25) is 9.79 Å². The fourth-order valence-corrected chi connectivity index (χ4v) is 4.26. The number of hydrogen-bond acceptors (Lipinski definition) is 10. The van der Waals surface area contributed by atoms with Gasteiger partial charge in [0.05, 0.1) is 35.3 Å². The lowest BCUT2D eigenvalue weighted by atomic mass is 10.1. The Morgan fingerprint density at radius 2 is 1.94 bits per heavy atom. The number of hydrogen-bond donors (Lipinski definition) is 4. The van der Waals surface area contributed by atoms with Crippen LogP contribution in [0.25, 0.3) is 0 Å². The summed E-state index contributed by atoms with van der Waals surface area (Å²) < 4.78 is 37.4. The summed E-state index contributed by atoms with van der Waals surface area (Å²) in [4.78, 5) is 29.4. The molecule has 2 aromatic carbocycles. The van der Waals surface area contributed by atoms with Gasteiger partial charge < -0.3 is 25.8 Å². The highest BCUT2D eigenvalue weighted by molar-refractivity contribution is 7.89. The van der Waals surface area contributed by atoms with Crippen molar-refractivity contribution in [2.24, 2.45) is 10.7 Å². The van der Waals surface area contributed by atoms with Crippen LogP contribution in [0.15, 0.2) is 58.4 Å². The number of sulfonamides is 1. The van der Waals surface area contributed by atoms with Gasteiger partial charge in [0, 0.05) is 13.1 Å². The van der Waals surface area contributed by atoms with Crippen molar-refractivity contribution in [2.45, 2.75) is 30.8 Å². The fraction of sp³-hybridized carbons (Fsp3) is 0.318. The maximum absolute atomic E-state index is 12.8. The maximum atomic E-state index is 12.8. The quantitative estimate of drug-likeness (QED) is 0.230. The van der Waals surface area contributed by atoms with Gasteiger partial charge >= 0.3 is 11.9 Å². The Morgan fingerprint density at radius 3 is 2.62 bits per heavy atom. The van der Waals surface area contributed by atoms with Crippen LogP contribution in [0.4, 0.5) is 5.69 Å². The molecular weight excluding hydrogens is 462 g/mol. The predicted molar refractivity (Wildman–Crippen MR) is 126 cm³/mol. The number of benzene rings is 2. The van der Waals surface area contributed by atoms with Crippen LogP contribution >= 0.6 is 0 Å². The number of nitrogens with one attached hydrogen (secondary N) is 3. The number of carbonyl (C=O) groups is 2. The molecule has 1 aliphatic rings. The molecule has 0 saturated carbocycles. The molecule has 0 aliphatic carbocycles. The van der Waals surface area contributed by atoms with Gasteiger partial charge in [-0.05, 0) is 37.6 Å². The van der Waals surface area contributed by atoms with Crippen LogP contribution in [0.2, 0.25) is 0 Å².